The lowest BCUT2D eigenvalue weighted by Gasteiger charge is -2.31. The van der Waals surface area contributed by atoms with E-state index in [0.29, 0.717) is 16.6 Å². The number of aliphatic hydroxyl groups excluding tert-OH is 1. The quantitative estimate of drug-likeness (QED) is 0.203. The highest BCUT2D eigenvalue weighted by Crippen LogP contribution is 2.48. The highest BCUT2D eigenvalue weighted by atomic mass is 19.4. The Morgan fingerprint density at radius 2 is 1.76 bits per heavy atom. The van der Waals surface area contributed by atoms with Crippen LogP contribution in [0.25, 0.3) is 22.2 Å². The van der Waals surface area contributed by atoms with E-state index in [1.165, 1.54) is 30.3 Å². The number of fused-ring (bicyclic) bond motifs is 2. The molecule has 2 aromatic heterocycles. The van der Waals surface area contributed by atoms with Crippen LogP contribution in [0.3, 0.4) is 0 Å². The molecule has 1 unspecified atom stereocenters. The normalized spacial score (nSPS) is 16.9. The van der Waals surface area contributed by atoms with Crippen LogP contribution in [0.2, 0.25) is 0 Å². The van der Waals surface area contributed by atoms with E-state index in [2.05, 4.69) is 15.3 Å². The fourth-order valence-corrected chi connectivity index (χ4v) is 5.20. The number of hydrogen-bond acceptors (Lipinski definition) is 7. The molecule has 14 heteroatoms. The SMILES string of the molecule is O=C(NCC(O)(c1cc2c(c(-c3ccc(F)cc3)n1)OCC2(CF)CF)C(F)(F)F)c1cc(OC2CC2)c2nc(CO)ccc2c1. The van der Waals surface area contributed by atoms with Crippen molar-refractivity contribution in [1.82, 2.24) is 15.3 Å². The first-order valence-corrected chi connectivity index (χ1v) is 14.3. The van der Waals surface area contributed by atoms with Crippen molar-refractivity contribution in [3.8, 4) is 22.8 Å². The Kier molecular flexibility index (Phi) is 8.05. The Labute approximate surface area is 258 Å². The third-order valence-corrected chi connectivity index (χ3v) is 8.12. The lowest BCUT2D eigenvalue weighted by Crippen LogP contribution is -2.51. The third-order valence-electron chi connectivity index (χ3n) is 8.12. The summed E-state index contributed by atoms with van der Waals surface area (Å²) in [5.74, 6) is -1.65. The summed E-state index contributed by atoms with van der Waals surface area (Å²) in [5.41, 5.74) is -6.77. The molecule has 1 amide bonds. The van der Waals surface area contributed by atoms with E-state index in [4.69, 9.17) is 9.47 Å². The fraction of sp³-hybridized carbons (Fsp3) is 0.344. The minimum absolute atomic E-state index is 0.0684. The van der Waals surface area contributed by atoms with Crippen LogP contribution < -0.4 is 14.8 Å². The van der Waals surface area contributed by atoms with Gasteiger partial charge < -0.3 is 25.0 Å². The number of halogens is 6. The zero-order valence-corrected chi connectivity index (χ0v) is 24.0. The van der Waals surface area contributed by atoms with Gasteiger partial charge in [0.05, 0.1) is 36.1 Å². The first-order chi connectivity index (χ1) is 21.9. The predicted molar refractivity (Wildman–Crippen MR) is 152 cm³/mol. The van der Waals surface area contributed by atoms with Crippen molar-refractivity contribution in [2.75, 3.05) is 26.5 Å². The molecule has 0 bridgehead atoms. The predicted octanol–water partition coefficient (Wildman–Crippen LogP) is 5.22. The Morgan fingerprint density at radius 1 is 1.04 bits per heavy atom. The molecule has 1 saturated carbocycles. The Hall–Kier alpha value is -4.43. The zero-order valence-electron chi connectivity index (χ0n) is 24.0. The molecule has 1 aliphatic heterocycles. The van der Waals surface area contributed by atoms with Crippen LogP contribution in [0.4, 0.5) is 26.3 Å². The average molecular weight is 648 g/mol. The molecular formula is C32H27F6N3O5. The Bertz CT molecular complexity index is 1790. The van der Waals surface area contributed by atoms with Crippen molar-refractivity contribution in [3.63, 3.8) is 0 Å². The van der Waals surface area contributed by atoms with Gasteiger partial charge in [-0.3, -0.25) is 4.79 Å². The number of nitrogens with one attached hydrogen (secondary N) is 1. The minimum Gasteiger partial charge on any atom is -0.490 e. The van der Waals surface area contributed by atoms with Gasteiger partial charge in [0.25, 0.3) is 5.91 Å². The van der Waals surface area contributed by atoms with Gasteiger partial charge in [0, 0.05) is 22.1 Å². The van der Waals surface area contributed by atoms with Gasteiger partial charge in [-0.15, -0.1) is 0 Å². The molecule has 1 atom stereocenters. The summed E-state index contributed by atoms with van der Waals surface area (Å²) < 4.78 is 97.7. The molecule has 2 aromatic carbocycles. The molecule has 6 rings (SSSR count). The van der Waals surface area contributed by atoms with Crippen LogP contribution in [-0.4, -0.2) is 64.9 Å². The molecule has 0 spiro atoms. The van der Waals surface area contributed by atoms with Gasteiger partial charge in [0.1, 0.15) is 48.5 Å². The zero-order chi connectivity index (χ0) is 32.9. The number of hydrogen-bond donors (Lipinski definition) is 3. The van der Waals surface area contributed by atoms with E-state index in [-0.39, 0.29) is 46.6 Å². The van der Waals surface area contributed by atoms with Crippen LogP contribution in [0.1, 0.15) is 40.2 Å². The number of rotatable bonds is 10. The van der Waals surface area contributed by atoms with Gasteiger partial charge in [-0.1, -0.05) is 6.07 Å². The maximum absolute atomic E-state index is 14.7. The number of pyridine rings is 2. The molecule has 3 N–H and O–H groups in total. The molecule has 4 aromatic rings. The Morgan fingerprint density at radius 3 is 2.39 bits per heavy atom. The lowest BCUT2D eigenvalue weighted by atomic mass is 9.82. The van der Waals surface area contributed by atoms with Crippen LogP contribution in [0, 0.1) is 5.82 Å². The van der Waals surface area contributed by atoms with E-state index in [1.807, 2.05) is 0 Å². The molecule has 242 valence electrons. The van der Waals surface area contributed by atoms with Gasteiger partial charge in [-0.25, -0.2) is 23.1 Å². The maximum atomic E-state index is 14.7. The number of nitrogens with zero attached hydrogens (tertiary/aromatic N) is 2. The van der Waals surface area contributed by atoms with Gasteiger partial charge in [-0.05, 0) is 61.4 Å². The third kappa shape index (κ3) is 5.60. The average Bonchev–Trinajstić information content (AvgIpc) is 3.79. The highest BCUT2D eigenvalue weighted by molar-refractivity contribution is 6.00. The van der Waals surface area contributed by atoms with Crippen LogP contribution in [-0.2, 0) is 17.6 Å². The summed E-state index contributed by atoms with van der Waals surface area (Å²) in [6.07, 6.45) is -4.03. The lowest BCUT2D eigenvalue weighted by molar-refractivity contribution is -0.265. The topological polar surface area (TPSA) is 114 Å². The number of aliphatic hydroxyl groups is 2. The molecule has 0 radical (unpaired) electrons. The monoisotopic (exact) mass is 647 g/mol. The van der Waals surface area contributed by atoms with Gasteiger partial charge in [0.15, 0.2) is 0 Å². The number of carbonyl (C=O) groups is 1. The van der Waals surface area contributed by atoms with E-state index >= 15 is 0 Å². The van der Waals surface area contributed by atoms with Crippen LogP contribution in [0.15, 0.2) is 54.6 Å². The smallest absolute Gasteiger partial charge is 0.424 e. The standard InChI is InChI=1S/C32H27F6N3O5/c33-13-30(14-34)16-45-28-23(30)11-25(41-27(28)17-1-4-20(35)5-2-17)31(44,32(36,37)38)15-39-29(43)19-9-18-3-6-21(12-42)40-26(18)24(10-19)46-22-7-8-22/h1-6,9-11,22,42,44H,7-8,12-16H2,(H,39,43). The number of ether oxygens (including phenoxy) is 2. The molecule has 3 heterocycles. The first-order valence-electron chi connectivity index (χ1n) is 14.3. The van der Waals surface area contributed by atoms with Crippen molar-refractivity contribution < 1.29 is 50.8 Å². The fourth-order valence-electron chi connectivity index (χ4n) is 5.20. The second kappa shape index (κ2) is 11.7. The first kappa shape index (κ1) is 31.5. The van der Waals surface area contributed by atoms with E-state index in [9.17, 15) is 41.4 Å². The molecule has 0 saturated heterocycles. The van der Waals surface area contributed by atoms with Crippen molar-refractivity contribution in [2.24, 2.45) is 0 Å². The van der Waals surface area contributed by atoms with Crippen LogP contribution >= 0.6 is 0 Å². The number of benzene rings is 2. The maximum Gasteiger partial charge on any atom is 0.424 e. The summed E-state index contributed by atoms with van der Waals surface area (Å²) in [6.45, 7) is -4.97. The van der Waals surface area contributed by atoms with Crippen molar-refractivity contribution in [1.29, 1.82) is 0 Å². The summed E-state index contributed by atoms with van der Waals surface area (Å²) in [5, 5.41) is 23.3. The van der Waals surface area contributed by atoms with Gasteiger partial charge in [0.2, 0.25) is 5.60 Å². The van der Waals surface area contributed by atoms with Crippen LogP contribution in [0.5, 0.6) is 11.5 Å². The molecule has 2 aliphatic rings. The molecule has 1 aliphatic carbocycles. The number of carbonyl (C=O) groups excluding carboxylic acids is 1. The number of aromatic nitrogens is 2. The van der Waals surface area contributed by atoms with Crippen molar-refractivity contribution in [2.45, 2.75) is 42.7 Å². The summed E-state index contributed by atoms with van der Waals surface area (Å²) in [7, 11) is 0. The largest absolute Gasteiger partial charge is 0.490 e. The second-order valence-corrected chi connectivity index (χ2v) is 11.4. The minimum atomic E-state index is -5.44. The molecule has 1 fully saturated rings. The highest BCUT2D eigenvalue weighted by Gasteiger charge is 2.57. The van der Waals surface area contributed by atoms with Gasteiger partial charge in [-0.2, -0.15) is 13.2 Å². The number of alkyl halides is 5. The van der Waals surface area contributed by atoms with E-state index < -0.39 is 61.1 Å². The Balaban J connectivity index is 1.39. The summed E-state index contributed by atoms with van der Waals surface area (Å²) >= 11 is 0. The summed E-state index contributed by atoms with van der Waals surface area (Å²) in [6, 6.07) is 10.9. The van der Waals surface area contributed by atoms with Crippen molar-refractivity contribution in [3.05, 3.63) is 82.9 Å². The molecule has 46 heavy (non-hydrogen) atoms. The molecule has 8 nitrogen and oxygen atoms in total. The van der Waals surface area contributed by atoms with E-state index in [1.54, 1.807) is 6.07 Å². The second-order valence-electron chi connectivity index (χ2n) is 11.4. The summed E-state index contributed by atoms with van der Waals surface area (Å²) in [4.78, 5) is 21.6. The molecular weight excluding hydrogens is 620 g/mol. The van der Waals surface area contributed by atoms with Gasteiger partial charge >= 0.3 is 6.18 Å². The van der Waals surface area contributed by atoms with E-state index in [0.717, 1.165) is 31.0 Å². The number of amides is 1. The van der Waals surface area contributed by atoms with Crippen molar-refractivity contribution >= 4 is 16.8 Å².